The number of carbonyl (C=O) groups is 2. The minimum atomic E-state index is -0.869. The molecule has 0 aromatic carbocycles. The number of ether oxygens (including phenoxy) is 1. The Morgan fingerprint density at radius 3 is 2.82 bits per heavy atom. The maximum atomic E-state index is 11.8. The molecule has 2 rings (SSSR count). The van der Waals surface area contributed by atoms with Gasteiger partial charge in [-0.25, -0.2) is 4.79 Å². The van der Waals surface area contributed by atoms with Crippen LogP contribution in [0.15, 0.2) is 0 Å². The zero-order chi connectivity index (χ0) is 13.1. The van der Waals surface area contributed by atoms with Crippen molar-refractivity contribution in [2.45, 2.75) is 37.8 Å². The van der Waals surface area contributed by atoms with Crippen LogP contribution in [0, 0.1) is 0 Å². The summed E-state index contributed by atoms with van der Waals surface area (Å²) in [6.45, 7) is 2.30. The average molecular weight is 245 g/mol. The molecule has 0 saturated carbocycles. The molecule has 6 nitrogen and oxygen atoms in total. The summed E-state index contributed by atoms with van der Waals surface area (Å²) in [6.07, 6.45) is 0.573. The Balaban J connectivity index is 0.000000686. The van der Waals surface area contributed by atoms with E-state index in [0.29, 0.717) is 25.9 Å². The lowest BCUT2D eigenvalue weighted by atomic mass is 9.93. The first kappa shape index (κ1) is 13.9. The van der Waals surface area contributed by atoms with E-state index in [1.54, 1.807) is 6.92 Å². The zero-order valence-electron chi connectivity index (χ0n) is 10.2. The van der Waals surface area contributed by atoms with Gasteiger partial charge in [-0.2, -0.15) is 0 Å². The number of hydrogen-bond acceptors (Lipinski definition) is 5. The molecule has 2 saturated heterocycles. The number of aliphatic hydroxyl groups is 2. The lowest BCUT2D eigenvalue weighted by Crippen LogP contribution is -2.48. The van der Waals surface area contributed by atoms with Crippen LogP contribution >= 0.6 is 0 Å². The van der Waals surface area contributed by atoms with E-state index in [2.05, 4.69) is 0 Å². The van der Waals surface area contributed by atoms with Crippen molar-refractivity contribution in [3.05, 3.63) is 0 Å². The fourth-order valence-corrected chi connectivity index (χ4v) is 2.54. The summed E-state index contributed by atoms with van der Waals surface area (Å²) in [7, 11) is 1.00. The van der Waals surface area contributed by atoms with Gasteiger partial charge in [0.05, 0.1) is 12.7 Å². The van der Waals surface area contributed by atoms with Crippen molar-refractivity contribution in [3.8, 4) is 0 Å². The number of hydrogen-bond donors (Lipinski definition) is 2. The Hall–Kier alpha value is -1.14. The number of β-amino-alcohol motifs (C(OH)–C–C–N with tert-alkyl or cyclic N) is 1. The lowest BCUT2D eigenvalue weighted by molar-refractivity contribution is -0.157. The van der Waals surface area contributed by atoms with Crippen LogP contribution in [-0.4, -0.2) is 58.9 Å². The molecule has 0 aromatic rings. The molecule has 0 radical (unpaired) electrons. The maximum absolute atomic E-state index is 11.8. The summed E-state index contributed by atoms with van der Waals surface area (Å²) in [6, 6.07) is 0. The molecule has 2 aliphatic rings. The predicted octanol–water partition coefficient (Wildman–Crippen LogP) is -0.716. The van der Waals surface area contributed by atoms with Crippen LogP contribution < -0.4 is 0 Å². The number of nitrogens with zero attached hydrogens (tertiary/aromatic N) is 1. The predicted molar refractivity (Wildman–Crippen MR) is 59.1 cm³/mol. The second-order valence-corrected chi connectivity index (χ2v) is 4.11. The van der Waals surface area contributed by atoms with E-state index < -0.39 is 11.6 Å². The van der Waals surface area contributed by atoms with Crippen LogP contribution in [-0.2, 0) is 14.3 Å². The van der Waals surface area contributed by atoms with Gasteiger partial charge in [0.25, 0.3) is 0 Å². The van der Waals surface area contributed by atoms with Gasteiger partial charge in [-0.1, -0.05) is 0 Å². The van der Waals surface area contributed by atoms with Gasteiger partial charge in [0, 0.05) is 26.5 Å². The Morgan fingerprint density at radius 1 is 1.59 bits per heavy atom. The second kappa shape index (κ2) is 5.46. The molecule has 0 spiro atoms. The van der Waals surface area contributed by atoms with Crippen molar-refractivity contribution in [3.63, 3.8) is 0 Å². The molecule has 1 amide bonds. The molecular weight excluding hydrogens is 226 g/mol. The van der Waals surface area contributed by atoms with Gasteiger partial charge in [0.15, 0.2) is 0 Å². The highest BCUT2D eigenvalue weighted by Crippen LogP contribution is 2.40. The molecule has 0 aliphatic carbocycles. The third-order valence-corrected chi connectivity index (χ3v) is 3.19. The first-order valence-corrected chi connectivity index (χ1v) is 5.70. The molecule has 2 aliphatic heterocycles. The number of amides is 1. The molecule has 2 unspecified atom stereocenters. The van der Waals surface area contributed by atoms with Crippen molar-refractivity contribution in [2.75, 3.05) is 20.3 Å². The van der Waals surface area contributed by atoms with Gasteiger partial charge < -0.3 is 19.8 Å². The van der Waals surface area contributed by atoms with Crippen molar-refractivity contribution in [2.24, 2.45) is 0 Å². The van der Waals surface area contributed by atoms with Crippen LogP contribution in [0.3, 0.4) is 0 Å². The van der Waals surface area contributed by atoms with E-state index >= 15 is 0 Å². The lowest BCUT2D eigenvalue weighted by Gasteiger charge is -2.28. The SMILES string of the molecule is CCOC(=O)C12CCC(=O)N1CC(O)C2.CO. The number of fused-ring (bicyclic) bond motifs is 1. The third-order valence-electron chi connectivity index (χ3n) is 3.19. The van der Waals surface area contributed by atoms with Crippen molar-refractivity contribution >= 4 is 11.9 Å². The molecule has 2 atom stereocenters. The molecular formula is C11H19NO5. The highest BCUT2D eigenvalue weighted by molar-refractivity contribution is 5.92. The van der Waals surface area contributed by atoms with Gasteiger partial charge in [0.1, 0.15) is 5.54 Å². The standard InChI is InChI=1S/C10H15NO4.CH4O/c1-2-15-9(14)10-4-3-8(13)11(10)6-7(12)5-10;1-2/h7,12H,2-6H2,1H3;2H,1H3. The molecule has 0 aromatic heterocycles. The van der Waals surface area contributed by atoms with Crippen molar-refractivity contribution in [1.29, 1.82) is 0 Å². The summed E-state index contributed by atoms with van der Waals surface area (Å²) < 4.78 is 4.98. The third kappa shape index (κ3) is 2.28. The van der Waals surface area contributed by atoms with E-state index in [9.17, 15) is 14.7 Å². The number of rotatable bonds is 2. The molecule has 2 fully saturated rings. The largest absolute Gasteiger partial charge is 0.464 e. The monoisotopic (exact) mass is 245 g/mol. The van der Waals surface area contributed by atoms with Crippen LogP contribution in [0.4, 0.5) is 0 Å². The topological polar surface area (TPSA) is 87.1 Å². The molecule has 2 N–H and O–H groups in total. The minimum absolute atomic E-state index is 0.0559. The number of esters is 1. The first-order valence-electron chi connectivity index (χ1n) is 5.70. The minimum Gasteiger partial charge on any atom is -0.464 e. The molecule has 2 heterocycles. The van der Waals surface area contributed by atoms with E-state index in [-0.39, 0.29) is 18.4 Å². The van der Waals surface area contributed by atoms with E-state index in [0.717, 1.165) is 7.11 Å². The highest BCUT2D eigenvalue weighted by Gasteiger charge is 2.57. The van der Waals surface area contributed by atoms with E-state index in [1.807, 2.05) is 0 Å². The summed E-state index contributed by atoms with van der Waals surface area (Å²) >= 11 is 0. The Kier molecular flexibility index (Phi) is 4.47. The molecule has 6 heteroatoms. The van der Waals surface area contributed by atoms with Crippen molar-refractivity contribution in [1.82, 2.24) is 4.90 Å². The Labute approximate surface area is 100 Å². The van der Waals surface area contributed by atoms with Gasteiger partial charge in [-0.05, 0) is 13.3 Å². The quantitative estimate of drug-likeness (QED) is 0.627. The molecule has 98 valence electrons. The average Bonchev–Trinajstić information content (AvgIpc) is 2.80. The Morgan fingerprint density at radius 2 is 2.24 bits per heavy atom. The Bertz CT molecular complexity index is 306. The zero-order valence-corrected chi connectivity index (χ0v) is 10.2. The number of aliphatic hydroxyl groups excluding tert-OH is 2. The molecule has 0 bridgehead atoms. The van der Waals surface area contributed by atoms with E-state index in [1.165, 1.54) is 4.90 Å². The molecule has 17 heavy (non-hydrogen) atoms. The maximum Gasteiger partial charge on any atom is 0.332 e. The van der Waals surface area contributed by atoms with Gasteiger partial charge in [-0.15, -0.1) is 0 Å². The van der Waals surface area contributed by atoms with Gasteiger partial charge in [0.2, 0.25) is 5.91 Å². The van der Waals surface area contributed by atoms with Gasteiger partial charge >= 0.3 is 5.97 Å². The van der Waals surface area contributed by atoms with E-state index in [4.69, 9.17) is 9.84 Å². The van der Waals surface area contributed by atoms with Crippen LogP contribution in [0.2, 0.25) is 0 Å². The van der Waals surface area contributed by atoms with Gasteiger partial charge in [-0.3, -0.25) is 4.79 Å². The van der Waals surface area contributed by atoms with Crippen LogP contribution in [0.25, 0.3) is 0 Å². The number of carbonyl (C=O) groups excluding carboxylic acids is 2. The first-order chi connectivity index (χ1) is 8.10. The second-order valence-electron chi connectivity index (χ2n) is 4.11. The summed E-state index contributed by atoms with van der Waals surface area (Å²) in [5, 5.41) is 16.5. The fourth-order valence-electron chi connectivity index (χ4n) is 2.54. The fraction of sp³-hybridized carbons (Fsp3) is 0.818. The summed E-state index contributed by atoms with van der Waals surface area (Å²) in [4.78, 5) is 24.8. The van der Waals surface area contributed by atoms with Crippen molar-refractivity contribution < 1.29 is 24.5 Å². The summed E-state index contributed by atoms with van der Waals surface area (Å²) in [5.74, 6) is -0.424. The van der Waals surface area contributed by atoms with Crippen LogP contribution in [0.5, 0.6) is 0 Å². The van der Waals surface area contributed by atoms with Crippen LogP contribution in [0.1, 0.15) is 26.2 Å². The smallest absolute Gasteiger partial charge is 0.332 e. The highest BCUT2D eigenvalue weighted by atomic mass is 16.5. The summed E-state index contributed by atoms with van der Waals surface area (Å²) in [5.41, 5.74) is -0.869. The normalized spacial score (nSPS) is 30.7.